The summed E-state index contributed by atoms with van der Waals surface area (Å²) in [6, 6.07) is 5.43. The van der Waals surface area contributed by atoms with Crippen LogP contribution >= 0.6 is 0 Å². The Labute approximate surface area is 96.7 Å². The van der Waals surface area contributed by atoms with E-state index in [2.05, 4.69) is 9.97 Å². The minimum Gasteiger partial charge on any atom is -0.497 e. The first-order valence-electron chi connectivity index (χ1n) is 5.13. The van der Waals surface area contributed by atoms with E-state index in [-0.39, 0.29) is 5.88 Å². The van der Waals surface area contributed by atoms with Gasteiger partial charge in [0.05, 0.1) is 7.11 Å². The highest BCUT2D eigenvalue weighted by Crippen LogP contribution is 2.33. The van der Waals surface area contributed by atoms with Crippen molar-refractivity contribution in [2.45, 2.75) is 6.92 Å². The summed E-state index contributed by atoms with van der Waals surface area (Å²) in [4.78, 5) is 8.13. The van der Waals surface area contributed by atoms with E-state index in [4.69, 9.17) is 9.15 Å². The van der Waals surface area contributed by atoms with Gasteiger partial charge in [-0.15, -0.1) is 0 Å². The van der Waals surface area contributed by atoms with Crippen LogP contribution in [0.5, 0.6) is 11.6 Å². The van der Waals surface area contributed by atoms with Crippen LogP contribution in [-0.2, 0) is 0 Å². The maximum atomic E-state index is 9.70. The molecule has 1 N–H and O–H groups in total. The maximum Gasteiger partial charge on any atom is 0.259 e. The average molecular weight is 230 g/mol. The van der Waals surface area contributed by atoms with Crippen LogP contribution in [0, 0.1) is 6.92 Å². The number of ether oxygens (including phenoxy) is 1. The van der Waals surface area contributed by atoms with Crippen LogP contribution in [0.15, 0.2) is 22.6 Å². The zero-order valence-corrected chi connectivity index (χ0v) is 9.39. The van der Waals surface area contributed by atoms with Crippen LogP contribution < -0.4 is 4.74 Å². The lowest BCUT2D eigenvalue weighted by atomic mass is 10.2. The van der Waals surface area contributed by atoms with Crippen LogP contribution in [0.2, 0.25) is 0 Å². The van der Waals surface area contributed by atoms with Gasteiger partial charge in [-0.3, -0.25) is 0 Å². The Kier molecular flexibility index (Phi) is 1.95. The molecule has 3 rings (SSSR count). The Balaban J connectivity index is 2.45. The van der Waals surface area contributed by atoms with Crippen LogP contribution in [0.3, 0.4) is 0 Å². The summed E-state index contributed by atoms with van der Waals surface area (Å²) in [7, 11) is 1.59. The summed E-state index contributed by atoms with van der Waals surface area (Å²) in [6.45, 7) is 1.72. The average Bonchev–Trinajstić information content (AvgIpc) is 2.67. The van der Waals surface area contributed by atoms with E-state index < -0.39 is 0 Å². The molecule has 0 radical (unpaired) electrons. The van der Waals surface area contributed by atoms with Crippen LogP contribution in [0.1, 0.15) is 5.82 Å². The molecule has 0 unspecified atom stereocenters. The zero-order chi connectivity index (χ0) is 12.0. The number of aryl methyl sites for hydroxylation is 1. The van der Waals surface area contributed by atoms with Crippen molar-refractivity contribution in [2.24, 2.45) is 0 Å². The van der Waals surface area contributed by atoms with E-state index in [1.165, 1.54) is 0 Å². The van der Waals surface area contributed by atoms with E-state index >= 15 is 0 Å². The summed E-state index contributed by atoms with van der Waals surface area (Å²) >= 11 is 0. The monoisotopic (exact) mass is 230 g/mol. The second-order valence-electron chi connectivity index (χ2n) is 3.74. The van der Waals surface area contributed by atoms with E-state index in [1.807, 2.05) is 12.1 Å². The number of fused-ring (bicyclic) bond motifs is 3. The van der Waals surface area contributed by atoms with Gasteiger partial charge in [-0.1, -0.05) is 0 Å². The number of nitrogens with zero attached hydrogens (tertiary/aromatic N) is 2. The maximum absolute atomic E-state index is 9.70. The lowest BCUT2D eigenvalue weighted by Gasteiger charge is -1.97. The van der Waals surface area contributed by atoms with E-state index in [0.29, 0.717) is 28.3 Å². The summed E-state index contributed by atoms with van der Waals surface area (Å²) in [5, 5.41) is 10.5. The molecule has 0 saturated heterocycles. The number of methoxy groups -OCH3 is 1. The Morgan fingerprint density at radius 3 is 2.88 bits per heavy atom. The van der Waals surface area contributed by atoms with E-state index in [0.717, 1.165) is 5.39 Å². The SMILES string of the molecule is COc1ccc2c(c1)oc1c(O)nc(C)nc12. The molecule has 0 saturated carbocycles. The van der Waals surface area contributed by atoms with E-state index in [1.54, 1.807) is 20.1 Å². The molecular weight excluding hydrogens is 220 g/mol. The van der Waals surface area contributed by atoms with Crippen molar-refractivity contribution in [1.82, 2.24) is 9.97 Å². The molecule has 0 aliphatic heterocycles. The molecule has 3 aromatic rings. The van der Waals surface area contributed by atoms with Gasteiger partial charge in [0, 0.05) is 11.5 Å². The van der Waals surface area contributed by atoms with Gasteiger partial charge >= 0.3 is 0 Å². The van der Waals surface area contributed by atoms with Crippen molar-refractivity contribution in [3.05, 3.63) is 24.0 Å². The first-order chi connectivity index (χ1) is 8.19. The topological polar surface area (TPSA) is 68.4 Å². The molecule has 5 heteroatoms. The zero-order valence-electron chi connectivity index (χ0n) is 9.39. The van der Waals surface area contributed by atoms with Crippen molar-refractivity contribution in [2.75, 3.05) is 7.11 Å². The standard InChI is InChI=1S/C12H10N2O3/c1-6-13-10-8-4-3-7(16-2)5-9(8)17-11(10)12(15)14-6/h3-5H,1-2H3,(H,13,14,15). The summed E-state index contributed by atoms with van der Waals surface area (Å²) in [5.74, 6) is 1.07. The summed E-state index contributed by atoms with van der Waals surface area (Å²) in [5.41, 5.74) is 1.54. The quantitative estimate of drug-likeness (QED) is 0.695. The van der Waals surface area contributed by atoms with Crippen molar-refractivity contribution in [3.8, 4) is 11.6 Å². The van der Waals surface area contributed by atoms with Crippen molar-refractivity contribution < 1.29 is 14.3 Å². The molecule has 0 aliphatic carbocycles. The number of furan rings is 1. The smallest absolute Gasteiger partial charge is 0.259 e. The molecule has 0 spiro atoms. The Morgan fingerprint density at radius 1 is 1.29 bits per heavy atom. The van der Waals surface area contributed by atoms with Crippen molar-refractivity contribution in [1.29, 1.82) is 0 Å². The van der Waals surface area contributed by atoms with Gasteiger partial charge in [0.15, 0.2) is 0 Å². The molecule has 0 fully saturated rings. The largest absolute Gasteiger partial charge is 0.497 e. The Bertz CT molecular complexity index is 718. The van der Waals surface area contributed by atoms with Gasteiger partial charge in [0.25, 0.3) is 5.88 Å². The lowest BCUT2D eigenvalue weighted by Crippen LogP contribution is -1.86. The minimum atomic E-state index is -0.136. The highest BCUT2D eigenvalue weighted by molar-refractivity contribution is 6.04. The van der Waals surface area contributed by atoms with E-state index in [9.17, 15) is 5.11 Å². The third kappa shape index (κ3) is 1.39. The molecule has 1 aromatic carbocycles. The second-order valence-corrected chi connectivity index (χ2v) is 3.74. The Morgan fingerprint density at radius 2 is 2.12 bits per heavy atom. The molecule has 0 bridgehead atoms. The summed E-state index contributed by atoms with van der Waals surface area (Å²) < 4.78 is 10.6. The lowest BCUT2D eigenvalue weighted by molar-refractivity contribution is 0.414. The van der Waals surface area contributed by atoms with Gasteiger partial charge < -0.3 is 14.3 Å². The van der Waals surface area contributed by atoms with Gasteiger partial charge in [0.1, 0.15) is 22.7 Å². The predicted molar refractivity (Wildman–Crippen MR) is 62.3 cm³/mol. The highest BCUT2D eigenvalue weighted by atomic mass is 16.5. The fourth-order valence-electron chi connectivity index (χ4n) is 1.84. The highest BCUT2D eigenvalue weighted by Gasteiger charge is 2.14. The third-order valence-corrected chi connectivity index (χ3v) is 2.62. The number of rotatable bonds is 1. The fourth-order valence-corrected chi connectivity index (χ4v) is 1.84. The molecule has 2 heterocycles. The molecule has 17 heavy (non-hydrogen) atoms. The van der Waals surface area contributed by atoms with Crippen LogP contribution in [0.4, 0.5) is 0 Å². The molecule has 0 aliphatic rings. The first kappa shape index (κ1) is 9.89. The molecule has 2 aromatic heterocycles. The van der Waals surface area contributed by atoms with Gasteiger partial charge in [0.2, 0.25) is 5.58 Å². The minimum absolute atomic E-state index is 0.136. The number of aromatic nitrogens is 2. The molecule has 0 amide bonds. The van der Waals surface area contributed by atoms with Crippen molar-refractivity contribution >= 4 is 22.1 Å². The number of hydrogen-bond donors (Lipinski definition) is 1. The molecule has 86 valence electrons. The van der Waals surface area contributed by atoms with Crippen LogP contribution in [0.25, 0.3) is 22.1 Å². The van der Waals surface area contributed by atoms with Gasteiger partial charge in [-0.2, -0.15) is 4.98 Å². The molecular formula is C12H10N2O3. The number of hydrogen-bond acceptors (Lipinski definition) is 5. The summed E-state index contributed by atoms with van der Waals surface area (Å²) in [6.07, 6.45) is 0. The Hall–Kier alpha value is -2.30. The molecule has 0 atom stereocenters. The predicted octanol–water partition coefficient (Wildman–Crippen LogP) is 2.40. The van der Waals surface area contributed by atoms with Crippen LogP contribution in [-0.4, -0.2) is 22.2 Å². The number of benzene rings is 1. The fraction of sp³-hybridized carbons (Fsp3) is 0.167. The second kappa shape index (κ2) is 3.35. The van der Waals surface area contributed by atoms with Gasteiger partial charge in [-0.05, 0) is 19.1 Å². The normalized spacial score (nSPS) is 11.2. The van der Waals surface area contributed by atoms with Crippen molar-refractivity contribution in [3.63, 3.8) is 0 Å². The van der Waals surface area contributed by atoms with Gasteiger partial charge in [-0.25, -0.2) is 4.98 Å². The number of aromatic hydroxyl groups is 1. The third-order valence-electron chi connectivity index (χ3n) is 2.62. The molecule has 5 nitrogen and oxygen atoms in total. The first-order valence-corrected chi connectivity index (χ1v) is 5.13.